The molecule has 0 saturated carbocycles. The number of aryl methyl sites for hydroxylation is 1. The minimum Gasteiger partial charge on any atom is -0.256 e. The van der Waals surface area contributed by atoms with Gasteiger partial charge < -0.3 is 0 Å². The molecule has 2 aromatic rings. The monoisotopic (exact) mass is 183 g/mol. The van der Waals surface area contributed by atoms with Crippen molar-refractivity contribution in [1.82, 2.24) is 4.98 Å². The molecule has 0 amide bonds. The van der Waals surface area contributed by atoms with Crippen LogP contribution in [-0.2, 0) is 6.42 Å². The van der Waals surface area contributed by atoms with Crippen LogP contribution in [0, 0.1) is 0 Å². The SMILES string of the molecule is CC1CCc2cc3ncccc3cc21. The summed E-state index contributed by atoms with van der Waals surface area (Å²) in [6.45, 7) is 2.31. The largest absolute Gasteiger partial charge is 0.256 e. The van der Waals surface area contributed by atoms with Crippen molar-refractivity contribution in [3.05, 3.63) is 41.6 Å². The van der Waals surface area contributed by atoms with E-state index in [1.807, 2.05) is 12.3 Å². The highest BCUT2D eigenvalue weighted by Gasteiger charge is 2.18. The maximum atomic E-state index is 4.38. The predicted molar refractivity (Wildman–Crippen MR) is 58.5 cm³/mol. The lowest BCUT2D eigenvalue weighted by Crippen LogP contribution is -1.87. The Bertz CT molecular complexity index is 488. The quantitative estimate of drug-likeness (QED) is 0.610. The molecule has 1 aromatic heterocycles. The second-order valence-electron chi connectivity index (χ2n) is 4.19. The zero-order valence-electron chi connectivity index (χ0n) is 8.33. The Balaban J connectivity index is 2.33. The maximum Gasteiger partial charge on any atom is 0.0704 e. The number of aromatic nitrogens is 1. The van der Waals surface area contributed by atoms with Gasteiger partial charge in [0.25, 0.3) is 0 Å². The van der Waals surface area contributed by atoms with E-state index in [9.17, 15) is 0 Å². The highest BCUT2D eigenvalue weighted by atomic mass is 14.6. The first kappa shape index (κ1) is 7.98. The van der Waals surface area contributed by atoms with Crippen LogP contribution in [0.4, 0.5) is 0 Å². The zero-order valence-corrected chi connectivity index (χ0v) is 8.33. The summed E-state index contributed by atoms with van der Waals surface area (Å²) >= 11 is 0. The Hall–Kier alpha value is -1.37. The third-order valence-corrected chi connectivity index (χ3v) is 3.24. The number of rotatable bonds is 0. The first-order chi connectivity index (χ1) is 6.84. The molecule has 1 unspecified atom stereocenters. The molecule has 1 atom stereocenters. The summed E-state index contributed by atoms with van der Waals surface area (Å²) in [7, 11) is 0. The molecule has 0 bridgehead atoms. The molecule has 14 heavy (non-hydrogen) atoms. The van der Waals surface area contributed by atoms with E-state index in [0.29, 0.717) is 0 Å². The Morgan fingerprint density at radius 1 is 1.36 bits per heavy atom. The number of hydrogen-bond acceptors (Lipinski definition) is 1. The van der Waals surface area contributed by atoms with Crippen molar-refractivity contribution in [3.63, 3.8) is 0 Å². The maximum absolute atomic E-state index is 4.38. The Morgan fingerprint density at radius 2 is 2.29 bits per heavy atom. The summed E-state index contributed by atoms with van der Waals surface area (Å²) < 4.78 is 0. The molecule has 0 aliphatic heterocycles. The third kappa shape index (κ3) is 1.05. The van der Waals surface area contributed by atoms with Gasteiger partial charge in [-0.25, -0.2) is 0 Å². The second-order valence-corrected chi connectivity index (χ2v) is 4.19. The first-order valence-corrected chi connectivity index (χ1v) is 5.22. The van der Waals surface area contributed by atoms with E-state index in [1.165, 1.54) is 29.4 Å². The van der Waals surface area contributed by atoms with Crippen LogP contribution in [0.3, 0.4) is 0 Å². The fraction of sp³-hybridized carbons (Fsp3) is 0.308. The van der Waals surface area contributed by atoms with Gasteiger partial charge in [0.1, 0.15) is 0 Å². The van der Waals surface area contributed by atoms with E-state index in [2.05, 4.69) is 30.1 Å². The van der Waals surface area contributed by atoms with Crippen molar-refractivity contribution < 1.29 is 0 Å². The topological polar surface area (TPSA) is 12.9 Å². The average Bonchev–Trinajstić information content (AvgIpc) is 2.57. The van der Waals surface area contributed by atoms with Crippen LogP contribution < -0.4 is 0 Å². The third-order valence-electron chi connectivity index (χ3n) is 3.24. The van der Waals surface area contributed by atoms with Crippen LogP contribution in [0.2, 0.25) is 0 Å². The van der Waals surface area contributed by atoms with Crippen LogP contribution >= 0.6 is 0 Å². The molecular formula is C13H13N. The van der Waals surface area contributed by atoms with E-state index in [-0.39, 0.29) is 0 Å². The van der Waals surface area contributed by atoms with Gasteiger partial charge in [0, 0.05) is 11.6 Å². The smallest absolute Gasteiger partial charge is 0.0704 e. The van der Waals surface area contributed by atoms with Crippen LogP contribution in [-0.4, -0.2) is 4.98 Å². The lowest BCUT2D eigenvalue weighted by molar-refractivity contribution is 0.747. The van der Waals surface area contributed by atoms with Crippen LogP contribution in [0.15, 0.2) is 30.5 Å². The Kier molecular flexibility index (Phi) is 1.60. The molecular weight excluding hydrogens is 170 g/mol. The van der Waals surface area contributed by atoms with Crippen molar-refractivity contribution in [2.45, 2.75) is 25.7 Å². The lowest BCUT2D eigenvalue weighted by atomic mass is 10.0. The molecule has 1 aliphatic rings. The standard InChI is InChI=1S/C13H13N/c1-9-4-5-10-8-13-11(7-12(9)10)3-2-6-14-13/h2-3,6-9H,4-5H2,1H3. The molecule has 0 radical (unpaired) electrons. The summed E-state index contributed by atoms with van der Waals surface area (Å²) in [5, 5.41) is 1.28. The molecule has 0 fully saturated rings. The van der Waals surface area contributed by atoms with E-state index >= 15 is 0 Å². The van der Waals surface area contributed by atoms with Crippen LogP contribution in [0.25, 0.3) is 10.9 Å². The summed E-state index contributed by atoms with van der Waals surface area (Å²) in [6.07, 6.45) is 4.39. The Labute approximate surface area is 83.8 Å². The van der Waals surface area contributed by atoms with Gasteiger partial charge in [-0.15, -0.1) is 0 Å². The number of hydrogen-bond donors (Lipinski definition) is 0. The van der Waals surface area contributed by atoms with E-state index < -0.39 is 0 Å². The number of benzene rings is 1. The average molecular weight is 183 g/mol. The van der Waals surface area contributed by atoms with Crippen molar-refractivity contribution in [2.24, 2.45) is 0 Å². The van der Waals surface area contributed by atoms with Gasteiger partial charge in [0.05, 0.1) is 5.52 Å². The lowest BCUT2D eigenvalue weighted by Gasteiger charge is -2.05. The fourth-order valence-corrected chi connectivity index (χ4v) is 2.38. The van der Waals surface area contributed by atoms with Gasteiger partial charge in [-0.2, -0.15) is 0 Å². The highest BCUT2D eigenvalue weighted by Crippen LogP contribution is 2.34. The van der Waals surface area contributed by atoms with E-state index in [0.717, 1.165) is 11.4 Å². The molecule has 70 valence electrons. The van der Waals surface area contributed by atoms with Gasteiger partial charge in [-0.3, -0.25) is 4.98 Å². The molecule has 1 aromatic carbocycles. The van der Waals surface area contributed by atoms with Gasteiger partial charge in [0.15, 0.2) is 0 Å². The minimum absolute atomic E-state index is 0.731. The fourth-order valence-electron chi connectivity index (χ4n) is 2.38. The van der Waals surface area contributed by atoms with Gasteiger partial charge in [-0.05, 0) is 48.1 Å². The number of pyridine rings is 1. The van der Waals surface area contributed by atoms with Crippen LogP contribution in [0.1, 0.15) is 30.4 Å². The molecule has 1 nitrogen and oxygen atoms in total. The highest BCUT2D eigenvalue weighted by molar-refractivity contribution is 5.80. The summed E-state index contributed by atoms with van der Waals surface area (Å²) in [5.74, 6) is 0.731. The normalized spacial score (nSPS) is 19.9. The van der Waals surface area contributed by atoms with Crippen molar-refractivity contribution in [2.75, 3.05) is 0 Å². The van der Waals surface area contributed by atoms with Crippen molar-refractivity contribution in [1.29, 1.82) is 0 Å². The minimum atomic E-state index is 0.731. The summed E-state index contributed by atoms with van der Waals surface area (Å²) in [5.41, 5.74) is 4.18. The summed E-state index contributed by atoms with van der Waals surface area (Å²) in [4.78, 5) is 4.38. The van der Waals surface area contributed by atoms with Crippen molar-refractivity contribution in [3.8, 4) is 0 Å². The van der Waals surface area contributed by atoms with Gasteiger partial charge in [-0.1, -0.05) is 13.0 Å². The first-order valence-electron chi connectivity index (χ1n) is 5.22. The molecule has 1 heterocycles. The number of fused-ring (bicyclic) bond motifs is 2. The zero-order chi connectivity index (χ0) is 9.54. The summed E-state index contributed by atoms with van der Waals surface area (Å²) in [6, 6.07) is 8.73. The molecule has 1 heteroatoms. The van der Waals surface area contributed by atoms with E-state index in [4.69, 9.17) is 0 Å². The molecule has 0 saturated heterocycles. The van der Waals surface area contributed by atoms with Crippen LogP contribution in [0.5, 0.6) is 0 Å². The van der Waals surface area contributed by atoms with Crippen molar-refractivity contribution >= 4 is 10.9 Å². The second kappa shape index (κ2) is 2.81. The Morgan fingerprint density at radius 3 is 3.21 bits per heavy atom. The van der Waals surface area contributed by atoms with Gasteiger partial charge >= 0.3 is 0 Å². The molecule has 0 spiro atoms. The van der Waals surface area contributed by atoms with Gasteiger partial charge in [0.2, 0.25) is 0 Å². The predicted octanol–water partition coefficient (Wildman–Crippen LogP) is 3.28. The molecule has 3 rings (SSSR count). The number of nitrogens with zero attached hydrogens (tertiary/aromatic N) is 1. The molecule has 0 N–H and O–H groups in total. The molecule has 1 aliphatic carbocycles. The van der Waals surface area contributed by atoms with E-state index in [1.54, 1.807) is 0 Å².